The molecule has 0 aliphatic rings. The van der Waals surface area contributed by atoms with Gasteiger partial charge in [0.05, 0.1) is 0 Å². The van der Waals surface area contributed by atoms with Gasteiger partial charge < -0.3 is 0 Å². The maximum Gasteiger partial charge on any atom is 3.00 e. The van der Waals surface area contributed by atoms with Crippen molar-refractivity contribution in [2.45, 2.75) is 0 Å². The van der Waals surface area contributed by atoms with E-state index in [9.17, 15) is 0 Å². The van der Waals surface area contributed by atoms with Crippen molar-refractivity contribution in [3.05, 3.63) is 0 Å². The molecule has 0 rings (SSSR count). The van der Waals surface area contributed by atoms with Crippen LogP contribution < -0.4 is 0 Å². The first kappa shape index (κ1) is 27.9. The number of hydrogen-bond acceptors (Lipinski definition) is 0. The van der Waals surface area contributed by atoms with Gasteiger partial charge in [0.2, 0.25) is 0 Å². The average molecular weight is 322 g/mol. The molecule has 4 heteroatoms. The molecule has 0 spiro atoms. The van der Waals surface area contributed by atoms with Gasteiger partial charge in [-0.2, -0.15) is 0 Å². The second-order valence-electron chi connectivity index (χ2n) is 0. The standard InChI is InChI=1S/Co.Fe.Tb.Ti/q2*+2;+3;+2. The topological polar surface area (TPSA) is 0 Å². The Morgan fingerprint density at radius 2 is 1.00 bits per heavy atom. The summed E-state index contributed by atoms with van der Waals surface area (Å²) in [6.07, 6.45) is 0. The van der Waals surface area contributed by atoms with Crippen LogP contribution in [0.5, 0.6) is 0 Å². The Kier molecular flexibility index (Phi) is 116. The molecule has 0 aromatic rings. The summed E-state index contributed by atoms with van der Waals surface area (Å²) < 4.78 is 0. The molecule has 0 amide bonds. The Balaban J connectivity index is 0. The summed E-state index contributed by atoms with van der Waals surface area (Å²) in [5.74, 6) is 0. The van der Waals surface area contributed by atoms with Crippen LogP contribution in [-0.4, -0.2) is 0 Å². The minimum Gasteiger partial charge on any atom is 2.00 e. The van der Waals surface area contributed by atoms with E-state index in [1.165, 1.54) is 0 Å². The zero-order chi connectivity index (χ0) is 0. The van der Waals surface area contributed by atoms with Gasteiger partial charge in [0.15, 0.2) is 0 Å². The smallest absolute Gasteiger partial charge is 2.00 e. The van der Waals surface area contributed by atoms with Gasteiger partial charge in [-0.25, -0.2) is 0 Å². The van der Waals surface area contributed by atoms with Crippen LogP contribution in [0.1, 0.15) is 0 Å². The minimum absolute atomic E-state index is 0. The third-order valence-corrected chi connectivity index (χ3v) is 0. The summed E-state index contributed by atoms with van der Waals surface area (Å²) in [6, 6.07) is 0. The third kappa shape index (κ3) is 8.90. The predicted molar refractivity (Wildman–Crippen MR) is 0 cm³/mol. The van der Waals surface area contributed by atoms with Crippen molar-refractivity contribution in [3.8, 4) is 0 Å². The van der Waals surface area contributed by atoms with Crippen molar-refractivity contribution in [3.63, 3.8) is 0 Å². The zero-order valence-electron chi connectivity index (χ0n) is 1.52. The van der Waals surface area contributed by atoms with Gasteiger partial charge in [-0.1, -0.05) is 0 Å². The number of rotatable bonds is 0. The molecule has 0 bridgehead atoms. The second-order valence-corrected chi connectivity index (χ2v) is 0. The van der Waals surface area contributed by atoms with Gasteiger partial charge in [0.1, 0.15) is 0 Å². The van der Waals surface area contributed by atoms with E-state index >= 15 is 0 Å². The molecule has 21 valence electrons. The Labute approximate surface area is 92.2 Å². The first-order chi connectivity index (χ1) is 0. The van der Waals surface area contributed by atoms with Gasteiger partial charge in [0.25, 0.3) is 0 Å². The summed E-state index contributed by atoms with van der Waals surface area (Å²) in [7, 11) is 0. The molecule has 0 saturated heterocycles. The minimum atomic E-state index is 0. The van der Waals surface area contributed by atoms with Gasteiger partial charge in [-0.15, -0.1) is 0 Å². The van der Waals surface area contributed by atoms with E-state index in [0.717, 1.165) is 0 Å². The Bertz CT molecular complexity index is 8.00. The Hall–Kier alpha value is 3.03. The first-order valence-electron chi connectivity index (χ1n) is 0. The molecule has 0 unspecified atom stereocenters. The van der Waals surface area contributed by atoms with E-state index in [1.807, 2.05) is 0 Å². The van der Waals surface area contributed by atoms with Crippen LogP contribution in [-0.2, 0) is 55.6 Å². The molecule has 0 saturated carbocycles. The van der Waals surface area contributed by atoms with E-state index in [1.54, 1.807) is 0 Å². The van der Waals surface area contributed by atoms with Crippen molar-refractivity contribution >= 4 is 0 Å². The van der Waals surface area contributed by atoms with Crippen LogP contribution in [0.3, 0.4) is 0 Å². The van der Waals surface area contributed by atoms with Crippen molar-refractivity contribution < 1.29 is 94.2 Å². The molecule has 4 heavy (non-hydrogen) atoms. The molecule has 0 aliphatic heterocycles. The van der Waals surface area contributed by atoms with Crippen LogP contribution in [0.2, 0.25) is 0 Å². The molecule has 0 aliphatic carbocycles. The number of hydrogen-bond donors (Lipinski definition) is 0. The van der Waals surface area contributed by atoms with Gasteiger partial charge in [0, 0.05) is 0 Å². The first-order valence-corrected chi connectivity index (χ1v) is 0. The van der Waals surface area contributed by atoms with E-state index in [0.29, 0.717) is 0 Å². The zero-order valence-corrected chi connectivity index (χ0v) is 7.37. The van der Waals surface area contributed by atoms with Crippen molar-refractivity contribution in [2.75, 3.05) is 0 Å². The molecule has 1 radical (unpaired) electrons. The van der Waals surface area contributed by atoms with E-state index < -0.39 is 0 Å². The molecule has 0 heterocycles. The van der Waals surface area contributed by atoms with Crippen LogP contribution >= 0.6 is 0 Å². The van der Waals surface area contributed by atoms with Crippen molar-refractivity contribution in [1.29, 1.82) is 0 Å². The SMILES string of the molecule is [Co+2].[Fe+2].[Tb+3].[Ti+2]. The third-order valence-electron chi connectivity index (χ3n) is 0. The van der Waals surface area contributed by atoms with E-state index in [2.05, 4.69) is 0 Å². The molecule has 0 atom stereocenters. The Morgan fingerprint density at radius 1 is 1.00 bits per heavy atom. The molecule has 0 N–H and O–H groups in total. The van der Waals surface area contributed by atoms with Crippen LogP contribution in [0.15, 0.2) is 0 Å². The van der Waals surface area contributed by atoms with Crippen molar-refractivity contribution in [2.24, 2.45) is 0 Å². The molecule has 0 nitrogen and oxygen atoms in total. The van der Waals surface area contributed by atoms with Crippen LogP contribution in [0, 0.1) is 38.6 Å². The fourth-order valence-corrected chi connectivity index (χ4v) is 0. The predicted octanol–water partition coefficient (Wildman–Crippen LogP) is -0.00750. The molecular formula is CoFeTbTi+9. The molecule has 0 aromatic carbocycles. The second kappa shape index (κ2) is 16.6. The van der Waals surface area contributed by atoms with E-state index in [4.69, 9.17) is 0 Å². The maximum atomic E-state index is 0. The summed E-state index contributed by atoms with van der Waals surface area (Å²) in [5, 5.41) is 0. The maximum absolute atomic E-state index is 0. The average Bonchev–Trinajstić information content (AvgIpc) is 0. The normalized spacial score (nSPS) is 0. The molecule has 0 fully saturated rings. The quantitative estimate of drug-likeness (QED) is 0.551. The largest absolute Gasteiger partial charge is 3.00 e. The van der Waals surface area contributed by atoms with Crippen LogP contribution in [0.4, 0.5) is 0 Å². The van der Waals surface area contributed by atoms with Gasteiger partial charge in [-0.3, -0.25) is 0 Å². The summed E-state index contributed by atoms with van der Waals surface area (Å²) >= 11 is 0. The van der Waals surface area contributed by atoms with Crippen molar-refractivity contribution in [1.82, 2.24) is 0 Å². The monoisotopic (exact) mass is 322 g/mol. The van der Waals surface area contributed by atoms with Gasteiger partial charge in [-0.05, 0) is 0 Å². The Morgan fingerprint density at radius 3 is 1.00 bits per heavy atom. The van der Waals surface area contributed by atoms with E-state index in [-0.39, 0.29) is 94.2 Å². The fraction of sp³-hybridized carbons (Fsp3) is 0. The van der Waals surface area contributed by atoms with Crippen LogP contribution in [0.25, 0.3) is 0 Å². The molecular weight excluding hydrogens is 322 g/mol. The summed E-state index contributed by atoms with van der Waals surface area (Å²) in [5.41, 5.74) is 0. The van der Waals surface area contributed by atoms with Gasteiger partial charge >= 0.3 is 94.2 Å². The molecule has 0 aromatic heterocycles. The fourth-order valence-electron chi connectivity index (χ4n) is 0. The summed E-state index contributed by atoms with van der Waals surface area (Å²) in [4.78, 5) is 0. The summed E-state index contributed by atoms with van der Waals surface area (Å²) in [6.45, 7) is 0.